The molecule has 1 unspecified atom stereocenters. The Hall–Kier alpha value is -2.89. The van der Waals surface area contributed by atoms with Crippen molar-refractivity contribution in [3.63, 3.8) is 0 Å². The summed E-state index contributed by atoms with van der Waals surface area (Å²) in [6.45, 7) is 6.59. The zero-order valence-corrected chi connectivity index (χ0v) is 44.4. The Labute approximate surface area is 415 Å². The molecule has 0 bridgehead atoms. The summed E-state index contributed by atoms with van der Waals surface area (Å²) in [5.41, 5.74) is 0. The van der Waals surface area contributed by atoms with Gasteiger partial charge in [-0.05, 0) is 103 Å². The Bertz CT molecular complexity index is 1210. The van der Waals surface area contributed by atoms with Crippen LogP contribution in [-0.4, -0.2) is 37.2 Å². The number of unbranched alkanes of at least 4 members (excludes halogenated alkanes) is 31. The van der Waals surface area contributed by atoms with Gasteiger partial charge < -0.3 is 14.2 Å². The fourth-order valence-corrected chi connectivity index (χ4v) is 8.10. The first kappa shape index (κ1) is 64.1. The molecule has 0 rings (SSSR count). The van der Waals surface area contributed by atoms with Gasteiger partial charge in [-0.15, -0.1) is 0 Å². The molecule has 0 aliphatic carbocycles. The summed E-state index contributed by atoms with van der Waals surface area (Å²) in [6.07, 6.45) is 69.3. The van der Waals surface area contributed by atoms with Crippen LogP contribution < -0.4 is 0 Å². The minimum Gasteiger partial charge on any atom is -0.462 e. The lowest BCUT2D eigenvalue weighted by Crippen LogP contribution is -2.30. The third-order valence-corrected chi connectivity index (χ3v) is 12.5. The molecule has 0 aliphatic rings. The van der Waals surface area contributed by atoms with E-state index in [2.05, 4.69) is 81.5 Å². The Morgan fingerprint density at radius 3 is 0.910 bits per heavy atom. The molecule has 0 fully saturated rings. The molecular formula is C61H108O6. The monoisotopic (exact) mass is 937 g/mol. The van der Waals surface area contributed by atoms with Crippen LogP contribution in [-0.2, 0) is 28.6 Å². The molecule has 6 nitrogen and oxygen atoms in total. The Balaban J connectivity index is 4.46. The molecule has 0 aromatic heterocycles. The average Bonchev–Trinajstić information content (AvgIpc) is 3.33. The highest BCUT2D eigenvalue weighted by molar-refractivity contribution is 5.71. The second kappa shape index (κ2) is 55.7. The maximum Gasteiger partial charge on any atom is 0.306 e. The van der Waals surface area contributed by atoms with Gasteiger partial charge in [0.05, 0.1) is 0 Å². The zero-order chi connectivity index (χ0) is 48.6. The fraction of sp³-hybridized carbons (Fsp3) is 0.787. The minimum atomic E-state index is -0.809. The molecule has 6 heteroatoms. The lowest BCUT2D eigenvalue weighted by molar-refractivity contribution is -0.167. The van der Waals surface area contributed by atoms with E-state index in [1.807, 2.05) is 0 Å². The number of hydrogen-bond acceptors (Lipinski definition) is 6. The van der Waals surface area contributed by atoms with Crippen molar-refractivity contribution in [3.8, 4) is 0 Å². The van der Waals surface area contributed by atoms with Crippen molar-refractivity contribution < 1.29 is 28.6 Å². The Kier molecular flexibility index (Phi) is 53.3. The predicted octanol–water partition coefficient (Wildman–Crippen LogP) is 19.2. The maximum atomic E-state index is 12.8. The molecule has 0 radical (unpaired) electrons. The fourth-order valence-electron chi connectivity index (χ4n) is 8.10. The van der Waals surface area contributed by atoms with Crippen LogP contribution in [0.25, 0.3) is 0 Å². The van der Waals surface area contributed by atoms with Crippen LogP contribution in [0.2, 0.25) is 0 Å². The van der Waals surface area contributed by atoms with Gasteiger partial charge >= 0.3 is 17.9 Å². The van der Waals surface area contributed by atoms with E-state index in [0.717, 1.165) is 77.0 Å². The molecule has 0 amide bonds. The summed E-state index contributed by atoms with van der Waals surface area (Å²) >= 11 is 0. The van der Waals surface area contributed by atoms with Crippen molar-refractivity contribution in [2.24, 2.45) is 0 Å². The van der Waals surface area contributed by atoms with Crippen molar-refractivity contribution in [2.75, 3.05) is 13.2 Å². The first-order chi connectivity index (χ1) is 33.0. The number of hydrogen-bond donors (Lipinski definition) is 0. The van der Waals surface area contributed by atoms with Gasteiger partial charge in [0.25, 0.3) is 0 Å². The SMILES string of the molecule is CCCCCCCC/C=C\C/C=C\C/C=C\CCCC(=O)OC(COC(=O)CCCCC/C=C\CCCCCCCCC)COC(=O)CCCCCCC/C=C\CCCCCCCCCCC. The van der Waals surface area contributed by atoms with Gasteiger partial charge in [-0.1, -0.05) is 229 Å². The number of rotatable bonds is 52. The highest BCUT2D eigenvalue weighted by atomic mass is 16.6. The van der Waals surface area contributed by atoms with Crippen LogP contribution in [0.3, 0.4) is 0 Å². The zero-order valence-electron chi connectivity index (χ0n) is 44.4. The van der Waals surface area contributed by atoms with Crippen LogP contribution in [0.4, 0.5) is 0 Å². The second-order valence-electron chi connectivity index (χ2n) is 19.2. The smallest absolute Gasteiger partial charge is 0.306 e. The van der Waals surface area contributed by atoms with E-state index in [1.165, 1.54) is 167 Å². The van der Waals surface area contributed by atoms with E-state index in [0.29, 0.717) is 19.3 Å². The van der Waals surface area contributed by atoms with Crippen molar-refractivity contribution in [1.82, 2.24) is 0 Å². The van der Waals surface area contributed by atoms with Gasteiger partial charge in [-0.3, -0.25) is 14.4 Å². The Morgan fingerprint density at radius 2 is 0.552 bits per heavy atom. The molecule has 0 spiro atoms. The van der Waals surface area contributed by atoms with Crippen molar-refractivity contribution in [3.05, 3.63) is 60.8 Å². The summed E-state index contributed by atoms with van der Waals surface area (Å²) < 4.78 is 16.8. The van der Waals surface area contributed by atoms with Gasteiger partial charge in [0, 0.05) is 19.3 Å². The van der Waals surface area contributed by atoms with Gasteiger partial charge in [-0.25, -0.2) is 0 Å². The standard InChI is InChI=1S/C61H108O6/c1-4-7-10-13-16-19-22-25-28-30-32-33-36-39-42-45-48-51-54-60(63)66-57-58(56-65-59(62)53-50-47-44-41-38-35-27-24-21-18-15-12-9-6-3)67-61(64)55-52-49-46-43-40-37-34-31-29-26-23-20-17-14-11-8-5-2/h26,29,32-35,37-38,43,46,58H,4-25,27-28,30-31,36,39-42,44-45,47-57H2,1-3H3/b29-26-,33-32-,37-34-,38-35-,46-43-. The highest BCUT2D eigenvalue weighted by Crippen LogP contribution is 2.14. The van der Waals surface area contributed by atoms with Gasteiger partial charge in [0.15, 0.2) is 6.10 Å². The van der Waals surface area contributed by atoms with Crippen molar-refractivity contribution >= 4 is 17.9 Å². The lowest BCUT2D eigenvalue weighted by Gasteiger charge is -2.18. The van der Waals surface area contributed by atoms with Gasteiger partial charge in [0.1, 0.15) is 13.2 Å². The molecule has 1 atom stereocenters. The highest BCUT2D eigenvalue weighted by Gasteiger charge is 2.19. The lowest BCUT2D eigenvalue weighted by atomic mass is 10.1. The van der Waals surface area contributed by atoms with Crippen LogP contribution in [0.5, 0.6) is 0 Å². The van der Waals surface area contributed by atoms with E-state index in [1.54, 1.807) is 0 Å². The van der Waals surface area contributed by atoms with Crippen LogP contribution >= 0.6 is 0 Å². The maximum absolute atomic E-state index is 12.8. The normalized spacial score (nSPS) is 12.5. The summed E-state index contributed by atoms with van der Waals surface area (Å²) in [6, 6.07) is 0. The summed E-state index contributed by atoms with van der Waals surface area (Å²) in [5.74, 6) is -0.970. The number of ether oxygens (including phenoxy) is 3. The largest absolute Gasteiger partial charge is 0.462 e. The topological polar surface area (TPSA) is 78.9 Å². The first-order valence-electron chi connectivity index (χ1n) is 28.8. The van der Waals surface area contributed by atoms with Crippen LogP contribution in [0.1, 0.15) is 290 Å². The van der Waals surface area contributed by atoms with Crippen LogP contribution in [0.15, 0.2) is 60.8 Å². The number of carbonyl (C=O) groups excluding carboxylic acids is 3. The van der Waals surface area contributed by atoms with Gasteiger partial charge in [0.2, 0.25) is 0 Å². The summed E-state index contributed by atoms with van der Waals surface area (Å²) in [4.78, 5) is 38.1. The molecule has 67 heavy (non-hydrogen) atoms. The summed E-state index contributed by atoms with van der Waals surface area (Å²) in [7, 11) is 0. The number of esters is 3. The molecule has 0 N–H and O–H groups in total. The van der Waals surface area contributed by atoms with Gasteiger partial charge in [-0.2, -0.15) is 0 Å². The van der Waals surface area contributed by atoms with Crippen LogP contribution in [0, 0.1) is 0 Å². The number of carbonyl (C=O) groups is 3. The average molecular weight is 938 g/mol. The van der Waals surface area contributed by atoms with E-state index < -0.39 is 6.10 Å². The molecular weight excluding hydrogens is 829 g/mol. The van der Waals surface area contributed by atoms with E-state index >= 15 is 0 Å². The molecule has 0 saturated heterocycles. The molecule has 0 saturated carbocycles. The van der Waals surface area contributed by atoms with E-state index in [-0.39, 0.29) is 37.5 Å². The minimum absolute atomic E-state index is 0.102. The molecule has 0 aliphatic heterocycles. The third-order valence-electron chi connectivity index (χ3n) is 12.5. The molecule has 0 aromatic carbocycles. The molecule has 0 heterocycles. The number of allylic oxidation sites excluding steroid dienone is 10. The third kappa shape index (κ3) is 53.9. The predicted molar refractivity (Wildman–Crippen MR) is 288 cm³/mol. The molecule has 388 valence electrons. The van der Waals surface area contributed by atoms with Crippen molar-refractivity contribution in [2.45, 2.75) is 297 Å². The van der Waals surface area contributed by atoms with E-state index in [4.69, 9.17) is 14.2 Å². The molecule has 0 aromatic rings. The first-order valence-corrected chi connectivity index (χ1v) is 28.8. The Morgan fingerprint density at radius 1 is 0.299 bits per heavy atom. The van der Waals surface area contributed by atoms with Crippen molar-refractivity contribution in [1.29, 1.82) is 0 Å². The van der Waals surface area contributed by atoms with E-state index in [9.17, 15) is 14.4 Å². The summed E-state index contributed by atoms with van der Waals surface area (Å²) in [5, 5.41) is 0. The second-order valence-corrected chi connectivity index (χ2v) is 19.2. The quantitative estimate of drug-likeness (QED) is 0.0262.